The van der Waals surface area contributed by atoms with Crippen molar-refractivity contribution in [3.05, 3.63) is 35.4 Å². The molecule has 1 heterocycles. The monoisotopic (exact) mass is 362 g/mol. The fraction of sp³-hybridized carbons (Fsp3) is 0.650. The van der Waals surface area contributed by atoms with Gasteiger partial charge < -0.3 is 25.0 Å². The molecule has 0 radical (unpaired) electrons. The van der Waals surface area contributed by atoms with E-state index in [-0.39, 0.29) is 0 Å². The van der Waals surface area contributed by atoms with E-state index in [2.05, 4.69) is 58.9 Å². The molecule has 2 N–H and O–H groups in total. The van der Waals surface area contributed by atoms with E-state index >= 15 is 0 Å². The van der Waals surface area contributed by atoms with E-state index in [0.717, 1.165) is 64.7 Å². The average molecular weight is 363 g/mol. The minimum atomic E-state index is 0.306. The molecule has 6 nitrogen and oxygen atoms in total. The Morgan fingerprint density at radius 1 is 1.31 bits per heavy atom. The molecule has 1 aliphatic heterocycles. The molecule has 0 amide bonds. The third kappa shape index (κ3) is 8.17. The maximum absolute atomic E-state index is 5.68. The normalized spacial score (nSPS) is 17.7. The summed E-state index contributed by atoms with van der Waals surface area (Å²) in [6.07, 6.45) is 3.55. The van der Waals surface area contributed by atoms with Crippen molar-refractivity contribution in [3.63, 3.8) is 0 Å². The molecule has 1 aromatic carbocycles. The lowest BCUT2D eigenvalue weighted by Crippen LogP contribution is -2.37. The van der Waals surface area contributed by atoms with E-state index in [1.54, 1.807) is 7.05 Å². The summed E-state index contributed by atoms with van der Waals surface area (Å²) in [4.78, 5) is 6.45. The number of hydrogen-bond donors (Lipinski definition) is 2. The molecule has 2 rings (SSSR count). The number of aliphatic imine (C=N–C) groups is 1. The number of hydrogen-bond acceptors (Lipinski definition) is 4. The first-order chi connectivity index (χ1) is 12.7. The van der Waals surface area contributed by atoms with Crippen LogP contribution in [-0.2, 0) is 22.6 Å². The van der Waals surface area contributed by atoms with Gasteiger partial charge in [0.05, 0.1) is 12.7 Å². The van der Waals surface area contributed by atoms with Crippen LogP contribution in [0.15, 0.2) is 29.3 Å². The number of guanidine groups is 1. The highest BCUT2D eigenvalue weighted by molar-refractivity contribution is 5.79. The van der Waals surface area contributed by atoms with Crippen LogP contribution in [-0.4, -0.2) is 64.5 Å². The quantitative estimate of drug-likeness (QED) is 0.379. The Balaban J connectivity index is 1.60. The van der Waals surface area contributed by atoms with E-state index in [4.69, 9.17) is 9.47 Å². The van der Waals surface area contributed by atoms with Gasteiger partial charge in [-0.25, -0.2) is 0 Å². The lowest BCUT2D eigenvalue weighted by atomic mass is 10.1. The Kier molecular flexibility index (Phi) is 9.45. The second-order valence-electron chi connectivity index (χ2n) is 6.97. The highest BCUT2D eigenvalue weighted by Gasteiger charge is 2.14. The Hall–Kier alpha value is -1.63. The van der Waals surface area contributed by atoms with Gasteiger partial charge in [-0.3, -0.25) is 4.99 Å². The van der Waals surface area contributed by atoms with Crippen LogP contribution in [0.5, 0.6) is 0 Å². The molecule has 1 aromatic rings. The highest BCUT2D eigenvalue weighted by atomic mass is 16.5. The molecule has 0 bridgehead atoms. The van der Waals surface area contributed by atoms with Gasteiger partial charge >= 0.3 is 0 Å². The van der Waals surface area contributed by atoms with Crippen LogP contribution in [0.25, 0.3) is 0 Å². The van der Waals surface area contributed by atoms with Crippen molar-refractivity contribution >= 4 is 5.96 Å². The van der Waals surface area contributed by atoms with E-state index in [0.29, 0.717) is 6.10 Å². The van der Waals surface area contributed by atoms with E-state index in [1.807, 2.05) is 0 Å². The predicted molar refractivity (Wildman–Crippen MR) is 106 cm³/mol. The molecule has 26 heavy (non-hydrogen) atoms. The van der Waals surface area contributed by atoms with Crippen molar-refractivity contribution in [3.8, 4) is 0 Å². The van der Waals surface area contributed by atoms with E-state index in [1.165, 1.54) is 11.1 Å². The van der Waals surface area contributed by atoms with Gasteiger partial charge in [0.2, 0.25) is 0 Å². The van der Waals surface area contributed by atoms with Gasteiger partial charge in [-0.1, -0.05) is 24.3 Å². The third-order valence-corrected chi connectivity index (χ3v) is 4.26. The van der Waals surface area contributed by atoms with Crippen molar-refractivity contribution in [2.45, 2.75) is 38.5 Å². The Bertz CT molecular complexity index is 542. The summed E-state index contributed by atoms with van der Waals surface area (Å²) in [5, 5.41) is 6.70. The minimum Gasteiger partial charge on any atom is -0.379 e. The first kappa shape index (κ1) is 20.7. The maximum atomic E-state index is 5.68. The maximum Gasteiger partial charge on any atom is 0.191 e. The second kappa shape index (κ2) is 11.9. The largest absolute Gasteiger partial charge is 0.379 e. The summed E-state index contributed by atoms with van der Waals surface area (Å²) in [6.45, 7) is 4.90. The lowest BCUT2D eigenvalue weighted by Gasteiger charge is -2.14. The summed E-state index contributed by atoms with van der Waals surface area (Å²) < 4.78 is 11.2. The van der Waals surface area contributed by atoms with Gasteiger partial charge in [0.15, 0.2) is 5.96 Å². The zero-order valence-electron chi connectivity index (χ0n) is 16.5. The number of rotatable bonds is 10. The second-order valence-corrected chi connectivity index (χ2v) is 6.97. The lowest BCUT2D eigenvalue weighted by molar-refractivity contribution is 0.0168. The van der Waals surface area contributed by atoms with Gasteiger partial charge in [-0.05, 0) is 44.5 Å². The molecule has 0 aliphatic carbocycles. The van der Waals surface area contributed by atoms with Crippen LogP contribution in [0.2, 0.25) is 0 Å². The first-order valence-electron chi connectivity index (χ1n) is 9.54. The molecule has 0 spiro atoms. The van der Waals surface area contributed by atoms with Crippen LogP contribution in [0.1, 0.15) is 30.4 Å². The molecule has 0 saturated carbocycles. The molecule has 146 valence electrons. The first-order valence-corrected chi connectivity index (χ1v) is 9.54. The fourth-order valence-electron chi connectivity index (χ4n) is 2.98. The molecule has 1 saturated heterocycles. The number of nitrogens with zero attached hydrogens (tertiary/aromatic N) is 2. The minimum absolute atomic E-state index is 0.306. The summed E-state index contributed by atoms with van der Waals surface area (Å²) >= 11 is 0. The Labute approximate surface area is 158 Å². The molecule has 6 heteroatoms. The average Bonchev–Trinajstić information content (AvgIpc) is 3.13. The SMILES string of the molecule is CN=C(NCCCOCC1CCCO1)NCc1cccc(CN(C)C)c1. The summed E-state index contributed by atoms with van der Waals surface area (Å²) in [7, 11) is 5.97. The molecular weight excluding hydrogens is 328 g/mol. The van der Waals surface area contributed by atoms with Gasteiger partial charge in [-0.2, -0.15) is 0 Å². The van der Waals surface area contributed by atoms with Crippen molar-refractivity contribution in [1.29, 1.82) is 0 Å². The van der Waals surface area contributed by atoms with Crippen molar-refractivity contribution in [1.82, 2.24) is 15.5 Å². The van der Waals surface area contributed by atoms with Crippen molar-refractivity contribution in [2.24, 2.45) is 4.99 Å². The zero-order valence-corrected chi connectivity index (χ0v) is 16.5. The third-order valence-electron chi connectivity index (χ3n) is 4.26. The summed E-state index contributed by atoms with van der Waals surface area (Å²) in [5.74, 6) is 0.821. The predicted octanol–water partition coefficient (Wildman–Crippen LogP) is 2.00. The highest BCUT2D eigenvalue weighted by Crippen LogP contribution is 2.11. The number of nitrogens with one attached hydrogen (secondary N) is 2. The van der Waals surface area contributed by atoms with E-state index in [9.17, 15) is 0 Å². The Morgan fingerprint density at radius 2 is 2.15 bits per heavy atom. The van der Waals surface area contributed by atoms with Crippen LogP contribution in [0.3, 0.4) is 0 Å². The van der Waals surface area contributed by atoms with Crippen molar-refractivity contribution < 1.29 is 9.47 Å². The smallest absolute Gasteiger partial charge is 0.191 e. The van der Waals surface area contributed by atoms with Gasteiger partial charge in [0.25, 0.3) is 0 Å². The van der Waals surface area contributed by atoms with Gasteiger partial charge in [-0.15, -0.1) is 0 Å². The molecule has 1 atom stereocenters. The standard InChI is InChI=1S/C20H34N4O2/c1-21-20(22-10-6-11-25-16-19-9-5-12-26-19)23-14-17-7-4-8-18(13-17)15-24(2)3/h4,7-8,13,19H,5-6,9-12,14-16H2,1-3H3,(H2,21,22,23). The molecule has 1 fully saturated rings. The van der Waals surface area contributed by atoms with Crippen molar-refractivity contribution in [2.75, 3.05) is 47.5 Å². The van der Waals surface area contributed by atoms with Crippen LogP contribution < -0.4 is 10.6 Å². The topological polar surface area (TPSA) is 58.1 Å². The zero-order chi connectivity index (χ0) is 18.6. The van der Waals surface area contributed by atoms with Crippen LogP contribution in [0, 0.1) is 0 Å². The molecule has 1 aliphatic rings. The van der Waals surface area contributed by atoms with Crippen LogP contribution >= 0.6 is 0 Å². The van der Waals surface area contributed by atoms with Gasteiger partial charge in [0.1, 0.15) is 0 Å². The number of benzene rings is 1. The van der Waals surface area contributed by atoms with Crippen LogP contribution in [0.4, 0.5) is 0 Å². The van der Waals surface area contributed by atoms with E-state index < -0.39 is 0 Å². The molecule has 0 aromatic heterocycles. The molecule has 1 unspecified atom stereocenters. The molecular formula is C20H34N4O2. The summed E-state index contributed by atoms with van der Waals surface area (Å²) in [5.41, 5.74) is 2.58. The Morgan fingerprint density at radius 3 is 2.88 bits per heavy atom. The fourth-order valence-corrected chi connectivity index (χ4v) is 2.98. The van der Waals surface area contributed by atoms with Gasteiger partial charge in [0, 0.05) is 39.9 Å². The number of ether oxygens (including phenoxy) is 2. The summed E-state index contributed by atoms with van der Waals surface area (Å²) in [6, 6.07) is 8.64.